The Labute approximate surface area is 75.8 Å². The van der Waals surface area contributed by atoms with Gasteiger partial charge < -0.3 is 5.73 Å². The minimum atomic E-state index is 0.731. The van der Waals surface area contributed by atoms with E-state index in [-0.39, 0.29) is 0 Å². The first-order valence-corrected chi connectivity index (χ1v) is 4.95. The highest BCUT2D eigenvalue weighted by Gasteiger charge is 1.99. The fourth-order valence-electron chi connectivity index (χ4n) is 1.43. The van der Waals surface area contributed by atoms with Crippen LogP contribution in [0.2, 0.25) is 0 Å². The molecule has 1 aromatic carbocycles. The minimum Gasteiger partial charge on any atom is -0.330 e. The zero-order chi connectivity index (χ0) is 8.39. The Hall–Kier alpha value is -0.860. The van der Waals surface area contributed by atoms with Crippen molar-refractivity contribution < 1.29 is 0 Å². The van der Waals surface area contributed by atoms with E-state index >= 15 is 0 Å². The molecule has 0 atom stereocenters. The first kappa shape index (κ1) is 7.77. The van der Waals surface area contributed by atoms with Crippen LogP contribution >= 0.6 is 11.3 Å². The van der Waals surface area contributed by atoms with Gasteiger partial charge in [-0.3, -0.25) is 0 Å². The second-order valence-corrected chi connectivity index (χ2v) is 3.74. The molecule has 1 aromatic heterocycles. The third-order valence-corrected chi connectivity index (χ3v) is 2.88. The van der Waals surface area contributed by atoms with Crippen molar-refractivity contribution in [2.45, 2.75) is 6.42 Å². The lowest BCUT2D eigenvalue weighted by molar-refractivity contribution is 0.978. The van der Waals surface area contributed by atoms with Gasteiger partial charge in [0.1, 0.15) is 0 Å². The van der Waals surface area contributed by atoms with Crippen molar-refractivity contribution in [3.05, 3.63) is 35.2 Å². The molecule has 2 heteroatoms. The SMILES string of the molecule is NCCc1cccc2sccc12. The molecule has 62 valence electrons. The average molecular weight is 177 g/mol. The number of nitrogens with two attached hydrogens (primary N) is 1. The Morgan fingerprint density at radius 1 is 1.25 bits per heavy atom. The fraction of sp³-hybridized carbons (Fsp3) is 0.200. The van der Waals surface area contributed by atoms with E-state index < -0.39 is 0 Å². The lowest BCUT2D eigenvalue weighted by Gasteiger charge is -1.99. The summed E-state index contributed by atoms with van der Waals surface area (Å²) < 4.78 is 1.36. The molecule has 2 N–H and O–H groups in total. The number of hydrogen-bond acceptors (Lipinski definition) is 2. The van der Waals surface area contributed by atoms with E-state index in [1.165, 1.54) is 15.6 Å². The summed E-state index contributed by atoms with van der Waals surface area (Å²) in [6, 6.07) is 8.58. The van der Waals surface area contributed by atoms with Crippen molar-refractivity contribution in [3.63, 3.8) is 0 Å². The molecule has 1 nitrogen and oxygen atoms in total. The Bertz CT molecular complexity index is 378. The summed E-state index contributed by atoms with van der Waals surface area (Å²) in [7, 11) is 0. The highest BCUT2D eigenvalue weighted by atomic mass is 32.1. The van der Waals surface area contributed by atoms with Gasteiger partial charge in [0.25, 0.3) is 0 Å². The van der Waals surface area contributed by atoms with Crippen molar-refractivity contribution in [2.75, 3.05) is 6.54 Å². The Morgan fingerprint density at radius 3 is 3.00 bits per heavy atom. The number of thiophene rings is 1. The first-order valence-electron chi connectivity index (χ1n) is 4.07. The van der Waals surface area contributed by atoms with Crippen LogP contribution in [0.4, 0.5) is 0 Å². The monoisotopic (exact) mass is 177 g/mol. The van der Waals surface area contributed by atoms with E-state index in [9.17, 15) is 0 Å². The molecule has 2 aromatic rings. The van der Waals surface area contributed by atoms with E-state index in [4.69, 9.17) is 5.73 Å². The molecule has 0 radical (unpaired) electrons. The highest BCUT2D eigenvalue weighted by Crippen LogP contribution is 2.23. The smallest absolute Gasteiger partial charge is 0.0345 e. The minimum absolute atomic E-state index is 0.731. The van der Waals surface area contributed by atoms with Crippen LogP contribution in [-0.4, -0.2) is 6.54 Å². The molecule has 0 spiro atoms. The van der Waals surface area contributed by atoms with Crippen LogP contribution in [0.1, 0.15) is 5.56 Å². The van der Waals surface area contributed by atoms with Crippen LogP contribution in [0, 0.1) is 0 Å². The summed E-state index contributed by atoms with van der Waals surface area (Å²) in [4.78, 5) is 0. The van der Waals surface area contributed by atoms with Gasteiger partial charge in [0.05, 0.1) is 0 Å². The zero-order valence-corrected chi connectivity index (χ0v) is 7.60. The Morgan fingerprint density at radius 2 is 2.17 bits per heavy atom. The van der Waals surface area contributed by atoms with Gasteiger partial charge in [-0.05, 0) is 41.4 Å². The molecule has 0 aliphatic heterocycles. The van der Waals surface area contributed by atoms with Crippen molar-refractivity contribution in [3.8, 4) is 0 Å². The predicted molar refractivity (Wildman–Crippen MR) is 54.6 cm³/mol. The molecule has 0 bridgehead atoms. The van der Waals surface area contributed by atoms with Gasteiger partial charge in [0.2, 0.25) is 0 Å². The van der Waals surface area contributed by atoms with Gasteiger partial charge in [0.15, 0.2) is 0 Å². The van der Waals surface area contributed by atoms with Crippen molar-refractivity contribution in [1.82, 2.24) is 0 Å². The van der Waals surface area contributed by atoms with Gasteiger partial charge >= 0.3 is 0 Å². The maximum atomic E-state index is 5.52. The molecule has 2 rings (SSSR count). The summed E-state index contributed by atoms with van der Waals surface area (Å²) in [5.74, 6) is 0. The lowest BCUT2D eigenvalue weighted by atomic mass is 10.1. The van der Waals surface area contributed by atoms with Crippen LogP contribution < -0.4 is 5.73 Å². The maximum absolute atomic E-state index is 5.52. The largest absolute Gasteiger partial charge is 0.330 e. The van der Waals surface area contributed by atoms with Gasteiger partial charge in [0, 0.05) is 4.70 Å². The Balaban J connectivity index is 2.57. The number of hydrogen-bond donors (Lipinski definition) is 1. The lowest BCUT2D eigenvalue weighted by Crippen LogP contribution is -2.02. The normalized spacial score (nSPS) is 10.8. The summed E-state index contributed by atoms with van der Waals surface area (Å²) >= 11 is 1.79. The molecular formula is C10H11NS. The molecule has 0 fully saturated rings. The topological polar surface area (TPSA) is 26.0 Å². The molecule has 0 aliphatic rings. The predicted octanol–water partition coefficient (Wildman–Crippen LogP) is 2.40. The summed E-state index contributed by atoms with van der Waals surface area (Å²) in [5, 5.41) is 3.50. The number of rotatable bonds is 2. The van der Waals surface area contributed by atoms with E-state index in [1.807, 2.05) is 0 Å². The molecule has 0 aliphatic carbocycles. The summed E-state index contributed by atoms with van der Waals surface area (Å²) in [5.41, 5.74) is 6.90. The van der Waals surface area contributed by atoms with Gasteiger partial charge in [-0.15, -0.1) is 11.3 Å². The average Bonchev–Trinajstić information content (AvgIpc) is 2.53. The fourth-order valence-corrected chi connectivity index (χ4v) is 2.26. The van der Waals surface area contributed by atoms with Crippen LogP contribution in [0.3, 0.4) is 0 Å². The van der Waals surface area contributed by atoms with Gasteiger partial charge in [-0.25, -0.2) is 0 Å². The van der Waals surface area contributed by atoms with Crippen LogP contribution in [0.25, 0.3) is 10.1 Å². The third kappa shape index (κ3) is 1.24. The third-order valence-electron chi connectivity index (χ3n) is 2.00. The second-order valence-electron chi connectivity index (χ2n) is 2.79. The molecule has 0 saturated heterocycles. The molecular weight excluding hydrogens is 166 g/mol. The second kappa shape index (κ2) is 3.25. The maximum Gasteiger partial charge on any atom is 0.0345 e. The highest BCUT2D eigenvalue weighted by molar-refractivity contribution is 7.17. The first-order chi connectivity index (χ1) is 5.92. The molecule has 0 saturated carbocycles. The molecule has 0 unspecified atom stereocenters. The van der Waals surface area contributed by atoms with E-state index in [0.29, 0.717) is 0 Å². The van der Waals surface area contributed by atoms with Gasteiger partial charge in [-0.1, -0.05) is 12.1 Å². The van der Waals surface area contributed by atoms with Crippen molar-refractivity contribution >= 4 is 21.4 Å². The van der Waals surface area contributed by atoms with E-state index in [1.54, 1.807) is 11.3 Å². The van der Waals surface area contributed by atoms with Crippen molar-refractivity contribution in [1.29, 1.82) is 0 Å². The number of fused-ring (bicyclic) bond motifs is 1. The molecule has 1 heterocycles. The number of benzene rings is 1. The van der Waals surface area contributed by atoms with Crippen LogP contribution in [0.5, 0.6) is 0 Å². The Kier molecular flexibility index (Phi) is 2.11. The summed E-state index contributed by atoms with van der Waals surface area (Å²) in [6.45, 7) is 0.731. The quantitative estimate of drug-likeness (QED) is 0.749. The van der Waals surface area contributed by atoms with Crippen LogP contribution in [-0.2, 0) is 6.42 Å². The summed E-state index contributed by atoms with van der Waals surface area (Å²) in [6.07, 6.45) is 0.980. The van der Waals surface area contributed by atoms with Crippen molar-refractivity contribution in [2.24, 2.45) is 5.73 Å². The standard InChI is InChI=1S/C10H11NS/c11-6-4-8-2-1-3-10-9(8)5-7-12-10/h1-3,5,7H,4,6,11H2. The zero-order valence-electron chi connectivity index (χ0n) is 6.79. The molecule has 12 heavy (non-hydrogen) atoms. The van der Waals surface area contributed by atoms with Crippen LogP contribution in [0.15, 0.2) is 29.6 Å². The van der Waals surface area contributed by atoms with E-state index in [0.717, 1.165) is 13.0 Å². The van der Waals surface area contributed by atoms with Gasteiger partial charge in [-0.2, -0.15) is 0 Å². The molecule has 0 amide bonds. The van der Waals surface area contributed by atoms with E-state index in [2.05, 4.69) is 29.6 Å².